The van der Waals surface area contributed by atoms with Crippen molar-refractivity contribution in [1.29, 1.82) is 0 Å². The van der Waals surface area contributed by atoms with Gasteiger partial charge < -0.3 is 10.6 Å². The number of imide groups is 1. The van der Waals surface area contributed by atoms with E-state index in [2.05, 4.69) is 17.6 Å². The van der Waals surface area contributed by atoms with E-state index in [9.17, 15) is 14.4 Å². The van der Waals surface area contributed by atoms with Crippen LogP contribution in [0.5, 0.6) is 0 Å². The molecule has 7 heteroatoms. The Bertz CT molecular complexity index is 738. The largest absolute Gasteiger partial charge is 0.352 e. The zero-order valence-electron chi connectivity index (χ0n) is 15.0. The van der Waals surface area contributed by atoms with Crippen LogP contribution in [0.3, 0.4) is 0 Å². The number of benzene rings is 1. The molecule has 1 saturated heterocycles. The fraction of sp³-hybridized carbons (Fsp3) is 0.526. The zero-order chi connectivity index (χ0) is 18.9. The Labute approximate surface area is 158 Å². The normalized spacial score (nSPS) is 28.8. The van der Waals surface area contributed by atoms with E-state index in [4.69, 9.17) is 11.6 Å². The lowest BCUT2D eigenvalue weighted by molar-refractivity contribution is -0.135. The molecule has 0 unspecified atom stereocenters. The van der Waals surface area contributed by atoms with Crippen LogP contribution in [0, 0.1) is 5.92 Å². The van der Waals surface area contributed by atoms with E-state index in [0.717, 1.165) is 24.2 Å². The summed E-state index contributed by atoms with van der Waals surface area (Å²) in [6.07, 6.45) is 4.28. The molecular weight excluding hydrogens is 354 g/mol. The lowest BCUT2D eigenvalue weighted by Crippen LogP contribution is -2.47. The molecule has 3 rings (SSSR count). The maximum absolute atomic E-state index is 12.9. The van der Waals surface area contributed by atoms with E-state index in [1.807, 2.05) is 0 Å². The van der Waals surface area contributed by atoms with Gasteiger partial charge in [0.25, 0.3) is 5.91 Å². The van der Waals surface area contributed by atoms with Crippen molar-refractivity contribution in [3.8, 4) is 0 Å². The monoisotopic (exact) mass is 377 g/mol. The van der Waals surface area contributed by atoms with Crippen molar-refractivity contribution < 1.29 is 14.4 Å². The minimum Gasteiger partial charge on any atom is -0.352 e. The van der Waals surface area contributed by atoms with Crippen LogP contribution in [-0.4, -0.2) is 35.3 Å². The van der Waals surface area contributed by atoms with Crippen molar-refractivity contribution in [1.82, 2.24) is 15.5 Å². The van der Waals surface area contributed by atoms with Crippen LogP contribution >= 0.6 is 11.6 Å². The summed E-state index contributed by atoms with van der Waals surface area (Å²) in [5.74, 6) is -0.373. The third-order valence-electron chi connectivity index (χ3n) is 5.45. The number of nitrogens with one attached hydrogen (secondary N) is 2. The minimum absolute atomic E-state index is 0.104. The highest BCUT2D eigenvalue weighted by molar-refractivity contribution is 6.32. The van der Waals surface area contributed by atoms with Gasteiger partial charge in [0.15, 0.2) is 0 Å². The Hall–Kier alpha value is -2.08. The van der Waals surface area contributed by atoms with Crippen molar-refractivity contribution in [2.75, 3.05) is 6.54 Å². The zero-order valence-corrected chi connectivity index (χ0v) is 15.8. The average molecular weight is 378 g/mol. The number of hydrogen-bond donors (Lipinski definition) is 2. The Morgan fingerprint density at radius 2 is 2.00 bits per heavy atom. The average Bonchev–Trinajstić information content (AvgIpc) is 2.81. The summed E-state index contributed by atoms with van der Waals surface area (Å²) in [4.78, 5) is 38.6. The molecule has 1 aromatic carbocycles. The van der Waals surface area contributed by atoms with Crippen LogP contribution in [0.15, 0.2) is 24.3 Å². The predicted octanol–water partition coefficient (Wildman–Crippen LogP) is 2.80. The maximum Gasteiger partial charge on any atom is 0.325 e. The molecule has 26 heavy (non-hydrogen) atoms. The van der Waals surface area contributed by atoms with Crippen LogP contribution in [0.25, 0.3) is 0 Å². The standard InChI is InChI=1S/C19H24ClN3O3/c1-12-7-3-6-10-15(12)21-16(24)11-23-17(25)19(2,22-18(23)26)13-8-4-5-9-14(13)20/h4-5,8-9,12,15H,3,6-7,10-11H2,1-2H3,(H,21,24)(H,22,26)/t12-,15+,19+/m0/s1. The lowest BCUT2D eigenvalue weighted by atomic mass is 9.86. The van der Waals surface area contributed by atoms with Gasteiger partial charge in [0.1, 0.15) is 12.1 Å². The van der Waals surface area contributed by atoms with E-state index >= 15 is 0 Å². The van der Waals surface area contributed by atoms with Gasteiger partial charge in [-0.15, -0.1) is 0 Å². The summed E-state index contributed by atoms with van der Waals surface area (Å²) in [5, 5.41) is 6.05. The fourth-order valence-electron chi connectivity index (χ4n) is 3.82. The Balaban J connectivity index is 1.71. The second-order valence-corrected chi connectivity index (χ2v) is 7.77. The number of nitrogens with zero attached hydrogens (tertiary/aromatic N) is 1. The van der Waals surface area contributed by atoms with Crippen LogP contribution in [0.2, 0.25) is 5.02 Å². The summed E-state index contributed by atoms with van der Waals surface area (Å²) in [7, 11) is 0. The smallest absolute Gasteiger partial charge is 0.325 e. The van der Waals surface area contributed by atoms with Gasteiger partial charge in [-0.2, -0.15) is 0 Å². The third-order valence-corrected chi connectivity index (χ3v) is 5.78. The summed E-state index contributed by atoms with van der Waals surface area (Å²) in [6.45, 7) is 3.44. The van der Waals surface area contributed by atoms with Gasteiger partial charge in [-0.05, 0) is 31.7 Å². The highest BCUT2D eigenvalue weighted by Gasteiger charge is 2.50. The second-order valence-electron chi connectivity index (χ2n) is 7.36. The topological polar surface area (TPSA) is 78.5 Å². The van der Waals surface area contributed by atoms with Gasteiger partial charge >= 0.3 is 6.03 Å². The first-order valence-corrected chi connectivity index (χ1v) is 9.39. The molecule has 1 aliphatic heterocycles. The number of carbonyl (C=O) groups excluding carboxylic acids is 3. The molecule has 1 heterocycles. The maximum atomic E-state index is 12.9. The van der Waals surface area contributed by atoms with Gasteiger partial charge in [0.2, 0.25) is 5.91 Å². The summed E-state index contributed by atoms with van der Waals surface area (Å²) >= 11 is 6.20. The van der Waals surface area contributed by atoms with E-state index < -0.39 is 17.5 Å². The first kappa shape index (κ1) is 18.7. The molecule has 140 valence electrons. The number of halogens is 1. The fourth-order valence-corrected chi connectivity index (χ4v) is 4.14. The highest BCUT2D eigenvalue weighted by Crippen LogP contribution is 2.33. The number of rotatable bonds is 4. The molecule has 0 spiro atoms. The van der Waals surface area contributed by atoms with Crippen molar-refractivity contribution in [3.05, 3.63) is 34.9 Å². The summed E-state index contributed by atoms with van der Waals surface area (Å²) in [6, 6.07) is 6.41. The van der Waals surface area contributed by atoms with Crippen LogP contribution in [-0.2, 0) is 15.1 Å². The summed E-state index contributed by atoms with van der Waals surface area (Å²) < 4.78 is 0. The molecule has 1 saturated carbocycles. The molecule has 1 aliphatic carbocycles. The number of carbonyl (C=O) groups is 3. The van der Waals surface area contributed by atoms with Gasteiger partial charge in [0, 0.05) is 16.6 Å². The second kappa shape index (κ2) is 7.27. The molecule has 0 radical (unpaired) electrons. The molecule has 3 atom stereocenters. The molecular formula is C19H24ClN3O3. The van der Waals surface area contributed by atoms with Crippen molar-refractivity contribution in [2.24, 2.45) is 5.92 Å². The van der Waals surface area contributed by atoms with E-state index in [1.165, 1.54) is 6.42 Å². The first-order valence-electron chi connectivity index (χ1n) is 9.01. The van der Waals surface area contributed by atoms with Crippen molar-refractivity contribution in [2.45, 2.75) is 51.1 Å². The highest BCUT2D eigenvalue weighted by atomic mass is 35.5. The SMILES string of the molecule is C[C@H]1CCCC[C@H]1NC(=O)CN1C(=O)N[C@](C)(c2ccccc2Cl)C1=O. The van der Waals surface area contributed by atoms with Gasteiger partial charge in [-0.25, -0.2) is 4.79 Å². The number of urea groups is 1. The summed E-state index contributed by atoms with van der Waals surface area (Å²) in [5.41, 5.74) is -0.753. The van der Waals surface area contributed by atoms with Crippen LogP contribution in [0.4, 0.5) is 4.79 Å². The van der Waals surface area contributed by atoms with Crippen LogP contribution < -0.4 is 10.6 Å². The number of amides is 4. The Morgan fingerprint density at radius 1 is 1.31 bits per heavy atom. The number of hydrogen-bond acceptors (Lipinski definition) is 3. The van der Waals surface area contributed by atoms with Crippen LogP contribution in [0.1, 0.15) is 45.1 Å². The minimum atomic E-state index is -1.27. The van der Waals surface area contributed by atoms with E-state index in [1.54, 1.807) is 31.2 Å². The molecule has 2 aliphatic rings. The molecule has 4 amide bonds. The Kier molecular flexibility index (Phi) is 5.23. The quantitative estimate of drug-likeness (QED) is 0.792. The lowest BCUT2D eigenvalue weighted by Gasteiger charge is -2.30. The predicted molar refractivity (Wildman–Crippen MR) is 98.6 cm³/mol. The molecule has 1 aromatic rings. The molecule has 0 aromatic heterocycles. The first-order chi connectivity index (χ1) is 12.3. The molecule has 6 nitrogen and oxygen atoms in total. The van der Waals surface area contributed by atoms with E-state index in [0.29, 0.717) is 16.5 Å². The van der Waals surface area contributed by atoms with E-state index in [-0.39, 0.29) is 18.5 Å². The van der Waals surface area contributed by atoms with Crippen molar-refractivity contribution in [3.63, 3.8) is 0 Å². The molecule has 2 fully saturated rings. The molecule has 0 bridgehead atoms. The third kappa shape index (κ3) is 3.43. The van der Waals surface area contributed by atoms with Gasteiger partial charge in [-0.1, -0.05) is 49.6 Å². The molecule has 2 N–H and O–H groups in total. The van der Waals surface area contributed by atoms with Crippen molar-refractivity contribution >= 4 is 29.4 Å². The Morgan fingerprint density at radius 3 is 2.69 bits per heavy atom. The van der Waals surface area contributed by atoms with Gasteiger partial charge in [0.05, 0.1) is 0 Å². The van der Waals surface area contributed by atoms with Gasteiger partial charge in [-0.3, -0.25) is 14.5 Å².